The lowest BCUT2D eigenvalue weighted by molar-refractivity contribution is -0.149. The van der Waals surface area contributed by atoms with Crippen molar-refractivity contribution in [3.05, 3.63) is 0 Å². The summed E-state index contributed by atoms with van der Waals surface area (Å²) in [5.41, 5.74) is 5.46. The minimum Gasteiger partial charge on any atom is -0.481 e. The average Bonchev–Trinajstić information content (AvgIpc) is 3.08. The third-order valence-electron chi connectivity index (χ3n) is 4.38. The second kappa shape index (κ2) is 9.99. The van der Waals surface area contributed by atoms with Gasteiger partial charge in [0.25, 0.3) is 0 Å². The molecule has 3 amide bonds. The third kappa shape index (κ3) is 6.16. The van der Waals surface area contributed by atoms with Crippen LogP contribution in [-0.4, -0.2) is 86.7 Å². The summed E-state index contributed by atoms with van der Waals surface area (Å²) >= 11 is 0. The minimum atomic E-state index is -1.53. The van der Waals surface area contributed by atoms with E-state index in [1.54, 1.807) is 0 Å². The number of carboxylic acids is 2. The average molecular weight is 402 g/mol. The summed E-state index contributed by atoms with van der Waals surface area (Å²) in [4.78, 5) is 60.1. The Labute approximate surface area is 161 Å². The van der Waals surface area contributed by atoms with Crippen molar-refractivity contribution in [2.45, 2.75) is 63.4 Å². The number of aliphatic carboxylic acids is 2. The molecule has 12 nitrogen and oxygen atoms in total. The Hall–Kier alpha value is -2.73. The number of amides is 3. The Bertz CT molecular complexity index is 638. The van der Waals surface area contributed by atoms with Crippen molar-refractivity contribution in [1.29, 1.82) is 0 Å². The fourth-order valence-corrected chi connectivity index (χ4v) is 2.78. The fraction of sp³-hybridized carbons (Fsp3) is 0.688. The molecule has 5 atom stereocenters. The summed E-state index contributed by atoms with van der Waals surface area (Å²) in [7, 11) is 0. The molecular weight excluding hydrogens is 376 g/mol. The van der Waals surface area contributed by atoms with Crippen molar-refractivity contribution < 1.29 is 39.3 Å². The Balaban J connectivity index is 2.80. The SMILES string of the molecule is CC(NC(=O)C(CC(=O)O)NC(=O)C(N)C(C)O)C(=O)N1CCCC1C(=O)O. The third-order valence-corrected chi connectivity index (χ3v) is 4.38. The van der Waals surface area contributed by atoms with Crippen LogP contribution in [0.4, 0.5) is 0 Å². The van der Waals surface area contributed by atoms with Gasteiger partial charge in [-0.3, -0.25) is 19.2 Å². The van der Waals surface area contributed by atoms with E-state index in [1.807, 2.05) is 0 Å². The molecule has 1 aliphatic heterocycles. The number of nitrogens with two attached hydrogens (primary N) is 1. The first-order valence-corrected chi connectivity index (χ1v) is 8.75. The number of nitrogens with zero attached hydrogens (tertiary/aromatic N) is 1. The van der Waals surface area contributed by atoms with Gasteiger partial charge in [0.2, 0.25) is 17.7 Å². The zero-order valence-corrected chi connectivity index (χ0v) is 15.6. The largest absolute Gasteiger partial charge is 0.481 e. The van der Waals surface area contributed by atoms with Crippen LogP contribution < -0.4 is 16.4 Å². The number of hydrogen-bond donors (Lipinski definition) is 6. The molecule has 12 heteroatoms. The fourth-order valence-electron chi connectivity index (χ4n) is 2.78. The van der Waals surface area contributed by atoms with Gasteiger partial charge in [-0.05, 0) is 26.7 Å². The molecule has 1 fully saturated rings. The van der Waals surface area contributed by atoms with Crippen LogP contribution in [0.2, 0.25) is 0 Å². The van der Waals surface area contributed by atoms with Crippen LogP contribution in [-0.2, 0) is 24.0 Å². The molecule has 1 aliphatic rings. The molecule has 0 bridgehead atoms. The highest BCUT2D eigenvalue weighted by Gasteiger charge is 2.37. The molecule has 0 spiro atoms. The Morgan fingerprint density at radius 1 is 1.11 bits per heavy atom. The van der Waals surface area contributed by atoms with E-state index in [0.717, 1.165) is 4.90 Å². The number of nitrogens with one attached hydrogen (secondary N) is 2. The Morgan fingerprint density at radius 3 is 2.21 bits per heavy atom. The number of rotatable bonds is 9. The van der Waals surface area contributed by atoms with E-state index >= 15 is 0 Å². The lowest BCUT2D eigenvalue weighted by atomic mass is 10.1. The van der Waals surface area contributed by atoms with E-state index in [1.165, 1.54) is 13.8 Å². The highest BCUT2D eigenvalue weighted by Crippen LogP contribution is 2.18. The highest BCUT2D eigenvalue weighted by atomic mass is 16.4. The van der Waals surface area contributed by atoms with Crippen molar-refractivity contribution in [1.82, 2.24) is 15.5 Å². The molecule has 28 heavy (non-hydrogen) atoms. The first kappa shape index (κ1) is 23.3. The van der Waals surface area contributed by atoms with Gasteiger partial charge >= 0.3 is 11.9 Å². The zero-order valence-electron chi connectivity index (χ0n) is 15.6. The smallest absolute Gasteiger partial charge is 0.326 e. The first-order valence-electron chi connectivity index (χ1n) is 8.75. The molecular formula is C16H26N4O8. The van der Waals surface area contributed by atoms with Crippen LogP contribution in [0.25, 0.3) is 0 Å². The van der Waals surface area contributed by atoms with Crippen LogP contribution in [0.1, 0.15) is 33.1 Å². The van der Waals surface area contributed by atoms with Gasteiger partial charge in [-0.25, -0.2) is 4.79 Å². The maximum atomic E-state index is 12.5. The summed E-state index contributed by atoms with van der Waals surface area (Å²) in [6.45, 7) is 2.82. The van der Waals surface area contributed by atoms with E-state index in [4.69, 9.17) is 15.9 Å². The summed E-state index contributed by atoms with van der Waals surface area (Å²) in [6.07, 6.45) is -1.18. The summed E-state index contributed by atoms with van der Waals surface area (Å²) in [5, 5.41) is 31.9. The summed E-state index contributed by atoms with van der Waals surface area (Å²) in [6, 6.07) is -5.01. The van der Waals surface area contributed by atoms with Crippen LogP contribution in [0.5, 0.6) is 0 Å². The molecule has 1 saturated heterocycles. The van der Waals surface area contributed by atoms with Crippen molar-refractivity contribution in [3.8, 4) is 0 Å². The van der Waals surface area contributed by atoms with Crippen LogP contribution in [0.15, 0.2) is 0 Å². The van der Waals surface area contributed by atoms with Crippen molar-refractivity contribution >= 4 is 29.7 Å². The van der Waals surface area contributed by atoms with E-state index in [-0.39, 0.29) is 6.54 Å². The van der Waals surface area contributed by atoms with Gasteiger partial charge in [0.15, 0.2) is 0 Å². The quantitative estimate of drug-likeness (QED) is 0.236. The predicted molar refractivity (Wildman–Crippen MR) is 93.8 cm³/mol. The number of likely N-dealkylation sites (tertiary alicyclic amines) is 1. The molecule has 0 radical (unpaired) electrons. The van der Waals surface area contributed by atoms with Gasteiger partial charge in [-0.2, -0.15) is 0 Å². The molecule has 0 aliphatic carbocycles. The van der Waals surface area contributed by atoms with Gasteiger partial charge in [-0.15, -0.1) is 0 Å². The monoisotopic (exact) mass is 402 g/mol. The Kier molecular flexibility index (Phi) is 8.32. The van der Waals surface area contributed by atoms with Crippen LogP contribution in [0.3, 0.4) is 0 Å². The second-order valence-corrected chi connectivity index (χ2v) is 6.68. The topological polar surface area (TPSA) is 199 Å². The lowest BCUT2D eigenvalue weighted by Gasteiger charge is -2.27. The predicted octanol–water partition coefficient (Wildman–Crippen LogP) is -2.77. The summed E-state index contributed by atoms with van der Waals surface area (Å²) < 4.78 is 0. The molecule has 7 N–H and O–H groups in total. The number of carboxylic acid groups (broad SMARTS) is 2. The number of carbonyl (C=O) groups excluding carboxylic acids is 3. The molecule has 0 aromatic carbocycles. The van der Waals surface area contributed by atoms with E-state index in [0.29, 0.717) is 12.8 Å². The molecule has 1 heterocycles. The van der Waals surface area contributed by atoms with E-state index < -0.39 is 66.4 Å². The normalized spacial score (nSPS) is 20.6. The number of aliphatic hydroxyl groups excluding tert-OH is 1. The van der Waals surface area contributed by atoms with Crippen molar-refractivity contribution in [2.24, 2.45) is 5.73 Å². The molecule has 1 rings (SSSR count). The highest BCUT2D eigenvalue weighted by molar-refractivity contribution is 5.95. The maximum Gasteiger partial charge on any atom is 0.326 e. The van der Waals surface area contributed by atoms with Gasteiger partial charge < -0.3 is 36.6 Å². The zero-order chi connectivity index (χ0) is 21.6. The van der Waals surface area contributed by atoms with Gasteiger partial charge in [0.05, 0.1) is 12.5 Å². The molecule has 158 valence electrons. The Morgan fingerprint density at radius 2 is 1.71 bits per heavy atom. The first-order chi connectivity index (χ1) is 13.0. The summed E-state index contributed by atoms with van der Waals surface area (Å²) in [5.74, 6) is -5.02. The van der Waals surface area contributed by atoms with Gasteiger partial charge in [0.1, 0.15) is 24.2 Å². The molecule has 0 aromatic heterocycles. The standard InChI is InChI=1S/C16H26N4O8/c1-7(15(26)20-5-3-4-10(20)16(27)28)18-13(24)9(6-11(22)23)19-14(25)12(17)8(2)21/h7-10,12,21H,3-6,17H2,1-2H3,(H,18,24)(H,19,25)(H,22,23)(H,27,28). The number of hydrogen-bond acceptors (Lipinski definition) is 7. The van der Waals surface area contributed by atoms with E-state index in [2.05, 4.69) is 10.6 Å². The van der Waals surface area contributed by atoms with E-state index in [9.17, 15) is 29.1 Å². The molecule has 0 saturated carbocycles. The lowest BCUT2D eigenvalue weighted by Crippen LogP contribution is -2.57. The van der Waals surface area contributed by atoms with Crippen molar-refractivity contribution in [3.63, 3.8) is 0 Å². The molecule has 0 aromatic rings. The van der Waals surface area contributed by atoms with Crippen LogP contribution >= 0.6 is 0 Å². The second-order valence-electron chi connectivity index (χ2n) is 6.68. The van der Waals surface area contributed by atoms with Gasteiger partial charge in [0, 0.05) is 6.54 Å². The maximum absolute atomic E-state index is 12.5. The number of aliphatic hydroxyl groups is 1. The molecule has 5 unspecified atom stereocenters. The minimum absolute atomic E-state index is 0.231. The number of carbonyl (C=O) groups is 5. The van der Waals surface area contributed by atoms with Gasteiger partial charge in [-0.1, -0.05) is 0 Å². The van der Waals surface area contributed by atoms with Crippen molar-refractivity contribution in [2.75, 3.05) is 6.54 Å². The van der Waals surface area contributed by atoms with Crippen LogP contribution in [0, 0.1) is 0 Å².